The van der Waals surface area contributed by atoms with Crippen molar-refractivity contribution in [2.45, 2.75) is 25.3 Å². The molecule has 1 amide bonds. The van der Waals surface area contributed by atoms with Gasteiger partial charge in [0.15, 0.2) is 0 Å². The Morgan fingerprint density at radius 3 is 2.88 bits per heavy atom. The zero-order chi connectivity index (χ0) is 12.2. The Hall–Kier alpha value is -0.750. The summed E-state index contributed by atoms with van der Waals surface area (Å²) in [6.07, 6.45) is -0.303. The molecule has 1 aliphatic heterocycles. The highest BCUT2D eigenvalue weighted by atomic mass is 19.3. The Balaban J connectivity index is 2.60. The number of rotatable bonds is 5. The molecule has 0 radical (unpaired) electrons. The first kappa shape index (κ1) is 13.3. The maximum atomic E-state index is 13.2. The van der Waals surface area contributed by atoms with E-state index >= 15 is 0 Å². The van der Waals surface area contributed by atoms with Crippen LogP contribution in [-0.2, 0) is 9.53 Å². The molecule has 6 heteroatoms. The van der Waals surface area contributed by atoms with Gasteiger partial charge in [-0.15, -0.1) is 0 Å². The Morgan fingerprint density at radius 2 is 2.31 bits per heavy atom. The molecule has 0 spiro atoms. The summed E-state index contributed by atoms with van der Waals surface area (Å²) in [5.41, 5.74) is 0. The lowest BCUT2D eigenvalue weighted by Gasteiger charge is -2.23. The Labute approximate surface area is 93.9 Å². The molecule has 4 nitrogen and oxygen atoms in total. The Bertz CT molecular complexity index is 249. The van der Waals surface area contributed by atoms with Crippen LogP contribution < -0.4 is 5.32 Å². The van der Waals surface area contributed by atoms with Gasteiger partial charge in [-0.1, -0.05) is 0 Å². The van der Waals surface area contributed by atoms with Crippen LogP contribution >= 0.6 is 0 Å². The first-order valence-corrected chi connectivity index (χ1v) is 5.40. The van der Waals surface area contributed by atoms with Crippen LogP contribution in [0.1, 0.15) is 13.3 Å². The lowest BCUT2D eigenvalue weighted by Crippen LogP contribution is -2.42. The fourth-order valence-corrected chi connectivity index (χ4v) is 1.85. The van der Waals surface area contributed by atoms with E-state index in [9.17, 15) is 13.6 Å². The third-order valence-corrected chi connectivity index (χ3v) is 2.54. The SMILES string of the molecule is CCOCC1CC(F)(F)CN1C(=O)CNC. The molecule has 0 bridgehead atoms. The predicted octanol–water partition coefficient (Wildman–Crippen LogP) is 0.478. The molecule has 0 aromatic carbocycles. The fraction of sp³-hybridized carbons (Fsp3) is 0.900. The molecule has 1 saturated heterocycles. The topological polar surface area (TPSA) is 41.6 Å². The molecule has 16 heavy (non-hydrogen) atoms. The van der Waals surface area contributed by atoms with E-state index < -0.39 is 18.5 Å². The highest BCUT2D eigenvalue weighted by Gasteiger charge is 2.46. The van der Waals surface area contributed by atoms with E-state index in [1.54, 1.807) is 14.0 Å². The summed E-state index contributed by atoms with van der Waals surface area (Å²) in [6, 6.07) is -0.504. The third-order valence-electron chi connectivity index (χ3n) is 2.54. The number of nitrogens with one attached hydrogen (secondary N) is 1. The third kappa shape index (κ3) is 3.38. The minimum absolute atomic E-state index is 0.0820. The number of ether oxygens (including phenoxy) is 1. The number of likely N-dealkylation sites (N-methyl/N-ethyl adjacent to an activating group) is 1. The zero-order valence-corrected chi connectivity index (χ0v) is 9.63. The summed E-state index contributed by atoms with van der Waals surface area (Å²) in [7, 11) is 1.61. The minimum Gasteiger partial charge on any atom is -0.380 e. The van der Waals surface area contributed by atoms with Crippen LogP contribution in [0.25, 0.3) is 0 Å². The molecule has 1 fully saturated rings. The maximum Gasteiger partial charge on any atom is 0.267 e. The number of amides is 1. The highest BCUT2D eigenvalue weighted by molar-refractivity contribution is 5.79. The second-order valence-corrected chi connectivity index (χ2v) is 3.93. The smallest absolute Gasteiger partial charge is 0.267 e. The van der Waals surface area contributed by atoms with Crippen LogP contribution in [0.4, 0.5) is 8.78 Å². The second kappa shape index (κ2) is 5.54. The van der Waals surface area contributed by atoms with Crippen molar-refractivity contribution in [1.29, 1.82) is 0 Å². The molecule has 0 aromatic heterocycles. The normalized spacial score (nSPS) is 23.8. The molecule has 0 aromatic rings. The van der Waals surface area contributed by atoms with Gasteiger partial charge in [-0.05, 0) is 14.0 Å². The van der Waals surface area contributed by atoms with Crippen LogP contribution in [0.15, 0.2) is 0 Å². The Morgan fingerprint density at radius 1 is 1.62 bits per heavy atom. The lowest BCUT2D eigenvalue weighted by molar-refractivity contribution is -0.133. The molecule has 1 aliphatic rings. The van der Waals surface area contributed by atoms with Crippen molar-refractivity contribution in [2.75, 3.05) is 33.4 Å². The van der Waals surface area contributed by atoms with E-state index in [0.29, 0.717) is 6.61 Å². The van der Waals surface area contributed by atoms with Crippen molar-refractivity contribution in [1.82, 2.24) is 10.2 Å². The van der Waals surface area contributed by atoms with Gasteiger partial charge in [0.05, 0.1) is 25.7 Å². The van der Waals surface area contributed by atoms with Crippen molar-refractivity contribution in [3.05, 3.63) is 0 Å². The van der Waals surface area contributed by atoms with Gasteiger partial charge in [0, 0.05) is 13.0 Å². The van der Waals surface area contributed by atoms with Gasteiger partial charge in [0.2, 0.25) is 5.91 Å². The molecule has 1 rings (SSSR count). The molecule has 0 saturated carbocycles. The van der Waals surface area contributed by atoms with Gasteiger partial charge < -0.3 is 15.0 Å². The first-order valence-electron chi connectivity index (χ1n) is 5.40. The molecule has 1 unspecified atom stereocenters. The van der Waals surface area contributed by atoms with Crippen molar-refractivity contribution in [3.63, 3.8) is 0 Å². The van der Waals surface area contributed by atoms with Crippen LogP contribution in [0.5, 0.6) is 0 Å². The number of hydrogen-bond donors (Lipinski definition) is 1. The van der Waals surface area contributed by atoms with Gasteiger partial charge in [-0.2, -0.15) is 0 Å². The van der Waals surface area contributed by atoms with Crippen molar-refractivity contribution in [2.24, 2.45) is 0 Å². The summed E-state index contributed by atoms with van der Waals surface area (Å²) in [5.74, 6) is -3.09. The van der Waals surface area contributed by atoms with Crippen LogP contribution in [0.3, 0.4) is 0 Å². The van der Waals surface area contributed by atoms with E-state index in [1.807, 2.05) is 0 Å². The van der Waals surface area contributed by atoms with Gasteiger partial charge in [-0.25, -0.2) is 8.78 Å². The number of halogens is 2. The average molecular weight is 236 g/mol. The standard InChI is InChI=1S/C10H18F2N2O2/c1-3-16-6-8-4-10(11,12)7-14(8)9(15)5-13-2/h8,13H,3-7H2,1-2H3. The van der Waals surface area contributed by atoms with Crippen molar-refractivity contribution in [3.8, 4) is 0 Å². The summed E-state index contributed by atoms with van der Waals surface area (Å²) < 4.78 is 31.5. The quantitative estimate of drug-likeness (QED) is 0.755. The van der Waals surface area contributed by atoms with Crippen LogP contribution in [-0.4, -0.2) is 56.1 Å². The highest BCUT2D eigenvalue weighted by Crippen LogP contribution is 2.32. The fourth-order valence-electron chi connectivity index (χ4n) is 1.85. The van der Waals surface area contributed by atoms with E-state index in [0.717, 1.165) is 0 Å². The van der Waals surface area contributed by atoms with Gasteiger partial charge in [0.25, 0.3) is 5.92 Å². The van der Waals surface area contributed by atoms with Crippen LogP contribution in [0, 0.1) is 0 Å². The van der Waals surface area contributed by atoms with Crippen molar-refractivity contribution >= 4 is 5.91 Å². The molecule has 1 heterocycles. The minimum atomic E-state index is -2.79. The largest absolute Gasteiger partial charge is 0.380 e. The number of likely N-dealkylation sites (tertiary alicyclic amines) is 1. The number of alkyl halides is 2. The number of nitrogens with zero attached hydrogens (tertiary/aromatic N) is 1. The molecular formula is C10H18F2N2O2. The van der Waals surface area contributed by atoms with E-state index in [4.69, 9.17) is 4.74 Å². The van der Waals surface area contributed by atoms with Gasteiger partial charge >= 0.3 is 0 Å². The number of carbonyl (C=O) groups excluding carboxylic acids is 1. The van der Waals surface area contributed by atoms with E-state index in [2.05, 4.69) is 5.32 Å². The first-order chi connectivity index (χ1) is 7.50. The summed E-state index contributed by atoms with van der Waals surface area (Å²) in [6.45, 7) is 2.04. The van der Waals surface area contributed by atoms with E-state index in [-0.39, 0.29) is 25.5 Å². The predicted molar refractivity (Wildman–Crippen MR) is 55.5 cm³/mol. The van der Waals surface area contributed by atoms with Gasteiger partial charge in [-0.3, -0.25) is 4.79 Å². The monoisotopic (exact) mass is 236 g/mol. The van der Waals surface area contributed by atoms with Crippen LogP contribution in [0.2, 0.25) is 0 Å². The summed E-state index contributed by atoms with van der Waals surface area (Å²) in [4.78, 5) is 12.8. The molecular weight excluding hydrogens is 218 g/mol. The second-order valence-electron chi connectivity index (χ2n) is 3.93. The van der Waals surface area contributed by atoms with E-state index in [1.165, 1.54) is 4.90 Å². The molecule has 94 valence electrons. The van der Waals surface area contributed by atoms with Gasteiger partial charge in [0.1, 0.15) is 0 Å². The maximum absolute atomic E-state index is 13.2. The molecule has 0 aliphatic carbocycles. The lowest BCUT2D eigenvalue weighted by atomic mass is 10.2. The summed E-state index contributed by atoms with van der Waals surface area (Å²) >= 11 is 0. The number of carbonyl (C=O) groups is 1. The summed E-state index contributed by atoms with van der Waals surface area (Å²) in [5, 5.41) is 2.67. The van der Waals surface area contributed by atoms with Crippen molar-refractivity contribution < 1.29 is 18.3 Å². The molecule has 1 atom stereocenters. The zero-order valence-electron chi connectivity index (χ0n) is 9.63. The average Bonchev–Trinajstić information content (AvgIpc) is 2.51. The Kier molecular flexibility index (Phi) is 4.61. The molecule has 1 N–H and O–H groups in total. The number of hydrogen-bond acceptors (Lipinski definition) is 3.